The van der Waals surface area contributed by atoms with Crippen molar-refractivity contribution in [3.8, 4) is 37.0 Å². The van der Waals surface area contributed by atoms with E-state index in [0.717, 1.165) is 56.0 Å². The summed E-state index contributed by atoms with van der Waals surface area (Å²) in [5.41, 5.74) is 9.26. The zero-order valence-corrected chi connectivity index (χ0v) is 16.4. The van der Waals surface area contributed by atoms with Crippen LogP contribution in [0.25, 0.3) is 0 Å². The van der Waals surface area contributed by atoms with E-state index in [1.165, 1.54) is 0 Å². The number of aryl methyl sites for hydroxylation is 3. The Hall–Kier alpha value is -3.79. The van der Waals surface area contributed by atoms with Crippen LogP contribution in [-0.4, -0.2) is 0 Å². The fourth-order valence-electron chi connectivity index (χ4n) is 3.44. The van der Waals surface area contributed by atoms with Crippen LogP contribution in [0.1, 0.15) is 50.1 Å². The van der Waals surface area contributed by atoms with Crippen molar-refractivity contribution >= 4 is 0 Å². The molecule has 132 valence electrons. The van der Waals surface area contributed by atoms with Gasteiger partial charge >= 0.3 is 0 Å². The molecule has 0 spiro atoms. The standard InChI is InChI=1S/C28H21/c1-7-22-10-13-25(16-19(22)4)28(26-14-11-23(8-2)20(5)17-26)27-15-12-24(9-3)21(6)18-27/h1-3,10-18H,4-6H3/q+1. The molecule has 0 aliphatic heterocycles. The maximum absolute atomic E-state index is 5.61. The lowest BCUT2D eigenvalue weighted by Crippen LogP contribution is -2.07. The van der Waals surface area contributed by atoms with Gasteiger partial charge in [0.15, 0.2) is 0 Å². The van der Waals surface area contributed by atoms with Crippen molar-refractivity contribution in [3.63, 3.8) is 0 Å². The number of benzene rings is 3. The third-order valence-corrected chi connectivity index (χ3v) is 5.01. The maximum atomic E-state index is 5.61. The molecule has 0 aliphatic rings. The predicted molar refractivity (Wildman–Crippen MR) is 118 cm³/mol. The van der Waals surface area contributed by atoms with Crippen LogP contribution in [0.2, 0.25) is 0 Å². The number of hydrogen-bond acceptors (Lipinski definition) is 0. The summed E-state index contributed by atoms with van der Waals surface area (Å²) >= 11 is 0. The molecule has 3 aromatic rings. The first-order valence-electron chi connectivity index (χ1n) is 9.08. The van der Waals surface area contributed by atoms with Crippen molar-refractivity contribution < 1.29 is 0 Å². The molecule has 0 atom stereocenters. The monoisotopic (exact) mass is 357 g/mol. The average molecular weight is 357 g/mol. The van der Waals surface area contributed by atoms with Gasteiger partial charge in [0.25, 0.3) is 0 Å². The second-order valence-corrected chi connectivity index (χ2v) is 6.90. The Labute approximate surface area is 168 Å². The third kappa shape index (κ3) is 3.53. The van der Waals surface area contributed by atoms with Gasteiger partial charge in [-0.05, 0) is 92.1 Å². The van der Waals surface area contributed by atoms with Crippen LogP contribution in [0.15, 0.2) is 54.6 Å². The van der Waals surface area contributed by atoms with Gasteiger partial charge in [-0.2, -0.15) is 0 Å². The second-order valence-electron chi connectivity index (χ2n) is 6.90. The Bertz CT molecular complexity index is 1020. The molecule has 0 saturated carbocycles. The molecule has 0 heterocycles. The lowest BCUT2D eigenvalue weighted by Gasteiger charge is -2.16. The summed E-state index contributed by atoms with van der Waals surface area (Å²) in [6.07, 6.45) is 16.8. The van der Waals surface area contributed by atoms with Gasteiger partial charge in [0, 0.05) is 16.7 Å². The topological polar surface area (TPSA) is 0 Å². The highest BCUT2D eigenvalue weighted by Gasteiger charge is 2.24. The highest BCUT2D eigenvalue weighted by Crippen LogP contribution is 2.33. The zero-order chi connectivity index (χ0) is 20.3. The lowest BCUT2D eigenvalue weighted by atomic mass is 9.82. The summed E-state index contributed by atoms with van der Waals surface area (Å²) < 4.78 is 0. The van der Waals surface area contributed by atoms with Gasteiger partial charge < -0.3 is 0 Å². The summed E-state index contributed by atoms with van der Waals surface area (Å²) in [4.78, 5) is 0. The normalized spacial score (nSPS) is 9.86. The van der Waals surface area contributed by atoms with Crippen LogP contribution >= 0.6 is 0 Å². The Kier molecular flexibility index (Phi) is 5.32. The first kappa shape index (κ1) is 19.0. The molecule has 0 heteroatoms. The molecule has 3 rings (SSSR count). The molecule has 0 unspecified atom stereocenters. The minimum atomic E-state index is 0.904. The Balaban J connectivity index is 2.23. The van der Waals surface area contributed by atoms with Crippen molar-refractivity contribution in [2.24, 2.45) is 0 Å². The number of hydrogen-bond donors (Lipinski definition) is 0. The van der Waals surface area contributed by atoms with Crippen molar-refractivity contribution in [1.82, 2.24) is 0 Å². The van der Waals surface area contributed by atoms with E-state index >= 15 is 0 Å². The molecular formula is C28H21+. The van der Waals surface area contributed by atoms with E-state index in [1.807, 2.05) is 39.0 Å². The van der Waals surface area contributed by atoms with Crippen LogP contribution in [0.4, 0.5) is 0 Å². The molecule has 0 aliphatic carbocycles. The van der Waals surface area contributed by atoms with Gasteiger partial charge in [-0.3, -0.25) is 0 Å². The smallest absolute Gasteiger partial charge is 0.0632 e. The van der Waals surface area contributed by atoms with Gasteiger partial charge in [0.1, 0.15) is 0 Å². The fourth-order valence-corrected chi connectivity index (χ4v) is 3.44. The molecule has 0 fully saturated rings. The molecule has 28 heavy (non-hydrogen) atoms. The summed E-state index contributed by atoms with van der Waals surface area (Å²) in [6, 6.07) is 18.6. The fraction of sp³-hybridized carbons (Fsp3) is 0.107. The Morgan fingerprint density at radius 2 is 0.821 bits per heavy atom. The highest BCUT2D eigenvalue weighted by molar-refractivity contribution is 5.62. The summed E-state index contributed by atoms with van der Waals surface area (Å²) in [5, 5.41) is 0. The Morgan fingerprint density at radius 1 is 0.536 bits per heavy atom. The molecule has 0 N–H and O–H groups in total. The molecular weight excluding hydrogens is 336 g/mol. The van der Waals surface area contributed by atoms with E-state index < -0.39 is 0 Å². The van der Waals surface area contributed by atoms with E-state index in [9.17, 15) is 0 Å². The van der Waals surface area contributed by atoms with Crippen LogP contribution in [0, 0.1) is 63.7 Å². The van der Waals surface area contributed by atoms with Gasteiger partial charge in [0.2, 0.25) is 0 Å². The summed E-state index contributed by atoms with van der Waals surface area (Å²) in [7, 11) is 0. The summed E-state index contributed by atoms with van der Waals surface area (Å²) in [5.74, 6) is 9.34. The van der Waals surface area contributed by atoms with Crippen molar-refractivity contribution in [1.29, 1.82) is 0 Å². The largest absolute Gasteiger partial charge is 0.115 e. The minimum Gasteiger partial charge on any atom is -0.115 e. The van der Waals surface area contributed by atoms with Crippen LogP contribution < -0.4 is 0 Å². The van der Waals surface area contributed by atoms with Crippen molar-refractivity contribution in [2.75, 3.05) is 0 Å². The van der Waals surface area contributed by atoms with Crippen molar-refractivity contribution in [2.45, 2.75) is 20.8 Å². The molecule has 0 saturated heterocycles. The number of terminal acetylenes is 3. The molecule has 0 nitrogen and oxygen atoms in total. The summed E-state index contributed by atoms with van der Waals surface area (Å²) in [6.45, 7) is 6.11. The second kappa shape index (κ2) is 7.84. The first-order valence-corrected chi connectivity index (χ1v) is 9.08. The molecule has 0 aromatic heterocycles. The van der Waals surface area contributed by atoms with Gasteiger partial charge in [0.05, 0.1) is 22.6 Å². The quantitative estimate of drug-likeness (QED) is 0.326. The van der Waals surface area contributed by atoms with Crippen molar-refractivity contribution in [3.05, 3.63) is 111 Å². The molecule has 3 aromatic carbocycles. The maximum Gasteiger partial charge on any atom is 0.0632 e. The molecule has 0 bridgehead atoms. The van der Waals surface area contributed by atoms with Gasteiger partial charge in [-0.25, -0.2) is 0 Å². The minimum absolute atomic E-state index is 0.904. The van der Waals surface area contributed by atoms with E-state index in [1.54, 1.807) is 0 Å². The molecule has 0 amide bonds. The van der Waals surface area contributed by atoms with E-state index in [0.29, 0.717) is 0 Å². The van der Waals surface area contributed by atoms with Crippen LogP contribution in [0.3, 0.4) is 0 Å². The number of rotatable bonds is 3. The average Bonchev–Trinajstić information content (AvgIpc) is 2.69. The molecule has 0 radical (unpaired) electrons. The highest BCUT2D eigenvalue weighted by atomic mass is 14.2. The lowest BCUT2D eigenvalue weighted by molar-refractivity contribution is 1.19. The predicted octanol–water partition coefficient (Wildman–Crippen LogP) is 5.57. The Morgan fingerprint density at radius 3 is 1.04 bits per heavy atom. The van der Waals surface area contributed by atoms with Gasteiger partial charge in [-0.1, -0.05) is 17.8 Å². The SMILES string of the molecule is C#Cc1ccc([C+](c2ccc(C#C)c(C)c2)c2ccc(C#C)c(C)c2)cc1C. The van der Waals surface area contributed by atoms with E-state index in [-0.39, 0.29) is 0 Å². The van der Waals surface area contributed by atoms with Crippen LogP contribution in [0.5, 0.6) is 0 Å². The van der Waals surface area contributed by atoms with Crippen LogP contribution in [-0.2, 0) is 0 Å². The van der Waals surface area contributed by atoms with Gasteiger partial charge in [-0.15, -0.1) is 19.3 Å². The van der Waals surface area contributed by atoms with E-state index in [2.05, 4.69) is 54.2 Å². The zero-order valence-electron chi connectivity index (χ0n) is 16.4. The first-order chi connectivity index (χ1) is 13.5. The van der Waals surface area contributed by atoms with E-state index in [4.69, 9.17) is 19.3 Å². The third-order valence-electron chi connectivity index (χ3n) is 5.01.